The Bertz CT molecular complexity index is 420. The van der Waals surface area contributed by atoms with Crippen LogP contribution in [0.5, 0.6) is 0 Å². The molecule has 2 nitrogen and oxygen atoms in total. The van der Waals surface area contributed by atoms with Gasteiger partial charge in [-0.3, -0.25) is 4.90 Å². The molecule has 0 bridgehead atoms. The van der Waals surface area contributed by atoms with Gasteiger partial charge in [0.15, 0.2) is 0 Å². The van der Waals surface area contributed by atoms with Crippen molar-refractivity contribution in [3.8, 4) is 0 Å². The highest BCUT2D eigenvalue weighted by Crippen LogP contribution is 2.21. The predicted molar refractivity (Wildman–Crippen MR) is 86.7 cm³/mol. The maximum atomic E-state index is 3.56. The molecule has 1 aliphatic heterocycles. The molecule has 0 spiro atoms. The van der Waals surface area contributed by atoms with Crippen molar-refractivity contribution >= 4 is 0 Å². The van der Waals surface area contributed by atoms with E-state index in [0.29, 0.717) is 0 Å². The van der Waals surface area contributed by atoms with Crippen molar-refractivity contribution in [2.75, 3.05) is 13.1 Å². The molecule has 0 saturated carbocycles. The largest absolute Gasteiger partial charge is 0.308 e. The summed E-state index contributed by atoms with van der Waals surface area (Å²) in [5.74, 6) is 0.917. The van der Waals surface area contributed by atoms with Crippen molar-refractivity contribution in [3.63, 3.8) is 0 Å². The van der Waals surface area contributed by atoms with Crippen LogP contribution in [-0.4, -0.2) is 23.5 Å². The number of nitrogens with zero attached hydrogens (tertiary/aromatic N) is 1. The highest BCUT2D eigenvalue weighted by Gasteiger charge is 2.20. The van der Waals surface area contributed by atoms with Gasteiger partial charge in [-0.05, 0) is 50.8 Å². The first-order valence-electron chi connectivity index (χ1n) is 8.01. The second-order valence-corrected chi connectivity index (χ2v) is 7.22. The lowest BCUT2D eigenvalue weighted by Crippen LogP contribution is -2.35. The Hall–Kier alpha value is -0.860. The zero-order chi connectivity index (χ0) is 14.6. The molecule has 1 unspecified atom stereocenters. The number of nitrogens with one attached hydrogen (secondary N) is 1. The lowest BCUT2D eigenvalue weighted by Gasteiger charge is -2.21. The minimum absolute atomic E-state index is 0.180. The normalized spacial score (nSPS) is 20.5. The monoisotopic (exact) mass is 274 g/mol. The van der Waals surface area contributed by atoms with Crippen molar-refractivity contribution < 1.29 is 0 Å². The second-order valence-electron chi connectivity index (χ2n) is 7.22. The average molecular weight is 274 g/mol. The molecule has 2 heteroatoms. The molecular formula is C18H30N2. The quantitative estimate of drug-likeness (QED) is 0.878. The molecule has 1 atom stereocenters. The van der Waals surface area contributed by atoms with E-state index in [1.807, 2.05) is 0 Å². The Balaban J connectivity index is 1.89. The highest BCUT2D eigenvalue weighted by molar-refractivity contribution is 5.23. The molecule has 112 valence electrons. The maximum absolute atomic E-state index is 3.56. The molecule has 1 aliphatic rings. The van der Waals surface area contributed by atoms with Crippen LogP contribution in [0.25, 0.3) is 0 Å². The average Bonchev–Trinajstić information content (AvgIpc) is 2.84. The van der Waals surface area contributed by atoms with E-state index in [9.17, 15) is 0 Å². The van der Waals surface area contributed by atoms with Crippen LogP contribution in [0.1, 0.15) is 51.7 Å². The summed E-state index contributed by atoms with van der Waals surface area (Å²) in [7, 11) is 0. The maximum Gasteiger partial charge on any atom is 0.0233 e. The third-order valence-electron chi connectivity index (χ3n) is 4.17. The van der Waals surface area contributed by atoms with Gasteiger partial charge >= 0.3 is 0 Å². The fourth-order valence-electron chi connectivity index (χ4n) is 2.85. The second kappa shape index (κ2) is 6.73. The van der Waals surface area contributed by atoms with E-state index >= 15 is 0 Å². The first kappa shape index (κ1) is 15.5. The molecule has 1 aromatic carbocycles. The molecule has 0 amide bonds. The number of rotatable bonds is 5. The summed E-state index contributed by atoms with van der Waals surface area (Å²) in [6.45, 7) is 13.6. The van der Waals surface area contributed by atoms with Crippen LogP contribution in [0, 0.1) is 5.92 Å². The van der Waals surface area contributed by atoms with E-state index in [2.05, 4.69) is 62.2 Å². The molecule has 1 saturated heterocycles. The van der Waals surface area contributed by atoms with E-state index in [-0.39, 0.29) is 5.54 Å². The van der Waals surface area contributed by atoms with Crippen molar-refractivity contribution in [1.29, 1.82) is 0 Å². The van der Waals surface area contributed by atoms with Crippen LogP contribution < -0.4 is 5.32 Å². The summed E-state index contributed by atoms with van der Waals surface area (Å²) in [5.41, 5.74) is 3.03. The summed E-state index contributed by atoms with van der Waals surface area (Å²) >= 11 is 0. The third-order valence-corrected chi connectivity index (χ3v) is 4.17. The highest BCUT2D eigenvalue weighted by atomic mass is 15.1. The minimum atomic E-state index is 0.180. The van der Waals surface area contributed by atoms with Gasteiger partial charge in [-0.25, -0.2) is 0 Å². The topological polar surface area (TPSA) is 15.3 Å². The van der Waals surface area contributed by atoms with Gasteiger partial charge in [0, 0.05) is 25.2 Å². The summed E-state index contributed by atoms with van der Waals surface area (Å²) < 4.78 is 0. The van der Waals surface area contributed by atoms with Crippen molar-refractivity contribution in [2.45, 2.75) is 59.2 Å². The van der Waals surface area contributed by atoms with Crippen LogP contribution in [0.2, 0.25) is 0 Å². The summed E-state index contributed by atoms with van der Waals surface area (Å²) in [4.78, 5) is 2.60. The fourth-order valence-corrected chi connectivity index (χ4v) is 2.85. The van der Waals surface area contributed by atoms with E-state index < -0.39 is 0 Å². The lowest BCUT2D eigenvalue weighted by atomic mass is 10.1. The van der Waals surface area contributed by atoms with E-state index in [0.717, 1.165) is 19.0 Å². The van der Waals surface area contributed by atoms with Crippen LogP contribution in [0.3, 0.4) is 0 Å². The molecule has 0 aromatic heterocycles. The number of benzene rings is 1. The standard InChI is InChI=1S/C18H30N2/c1-5-15-9-10-20(13-15)14-17-8-6-7-16(11-17)12-19-18(2,3)4/h6-8,11,15,19H,5,9-10,12-14H2,1-4H3. The smallest absolute Gasteiger partial charge is 0.0233 e. The Morgan fingerprint density at radius 2 is 2.00 bits per heavy atom. The SMILES string of the molecule is CCC1CCN(Cc2cccc(CNC(C)(C)C)c2)C1. The van der Waals surface area contributed by atoms with E-state index in [1.54, 1.807) is 0 Å². The van der Waals surface area contributed by atoms with Crippen molar-refractivity contribution in [1.82, 2.24) is 10.2 Å². The zero-order valence-electron chi connectivity index (χ0n) is 13.6. The van der Waals surface area contributed by atoms with Crippen molar-refractivity contribution in [3.05, 3.63) is 35.4 Å². The molecule has 1 aromatic rings. The van der Waals surface area contributed by atoms with Gasteiger partial charge in [0.1, 0.15) is 0 Å². The Morgan fingerprint density at radius 1 is 1.25 bits per heavy atom. The van der Waals surface area contributed by atoms with Gasteiger partial charge in [-0.15, -0.1) is 0 Å². The molecule has 20 heavy (non-hydrogen) atoms. The molecule has 2 rings (SSSR count). The van der Waals surface area contributed by atoms with Gasteiger partial charge in [-0.2, -0.15) is 0 Å². The number of hydrogen-bond acceptors (Lipinski definition) is 2. The predicted octanol–water partition coefficient (Wildman–Crippen LogP) is 3.81. The van der Waals surface area contributed by atoms with Crippen LogP contribution in [0.4, 0.5) is 0 Å². The molecule has 1 fully saturated rings. The summed E-state index contributed by atoms with van der Waals surface area (Å²) in [6.07, 6.45) is 2.70. The summed E-state index contributed by atoms with van der Waals surface area (Å²) in [6, 6.07) is 9.04. The zero-order valence-corrected chi connectivity index (χ0v) is 13.6. The van der Waals surface area contributed by atoms with Crippen LogP contribution >= 0.6 is 0 Å². The first-order chi connectivity index (χ1) is 9.46. The van der Waals surface area contributed by atoms with Crippen molar-refractivity contribution in [2.24, 2.45) is 5.92 Å². The van der Waals surface area contributed by atoms with Gasteiger partial charge < -0.3 is 5.32 Å². The molecule has 1 N–H and O–H groups in total. The Labute approximate surface area is 124 Å². The van der Waals surface area contributed by atoms with E-state index in [1.165, 1.54) is 37.1 Å². The molecular weight excluding hydrogens is 244 g/mol. The van der Waals surface area contributed by atoms with Gasteiger partial charge in [0.25, 0.3) is 0 Å². The number of hydrogen-bond donors (Lipinski definition) is 1. The van der Waals surface area contributed by atoms with Crippen LogP contribution in [-0.2, 0) is 13.1 Å². The minimum Gasteiger partial charge on any atom is -0.308 e. The van der Waals surface area contributed by atoms with E-state index in [4.69, 9.17) is 0 Å². The van der Waals surface area contributed by atoms with Gasteiger partial charge in [0.05, 0.1) is 0 Å². The fraction of sp³-hybridized carbons (Fsp3) is 0.667. The van der Waals surface area contributed by atoms with Gasteiger partial charge in [-0.1, -0.05) is 37.6 Å². The molecule has 1 heterocycles. The number of likely N-dealkylation sites (tertiary alicyclic amines) is 1. The summed E-state index contributed by atoms with van der Waals surface area (Å²) in [5, 5.41) is 3.56. The van der Waals surface area contributed by atoms with Crippen LogP contribution in [0.15, 0.2) is 24.3 Å². The third kappa shape index (κ3) is 4.92. The lowest BCUT2D eigenvalue weighted by molar-refractivity contribution is 0.315. The molecule has 0 radical (unpaired) electrons. The first-order valence-corrected chi connectivity index (χ1v) is 8.01. The van der Waals surface area contributed by atoms with Gasteiger partial charge in [0.2, 0.25) is 0 Å². The Morgan fingerprint density at radius 3 is 2.65 bits per heavy atom. The molecule has 0 aliphatic carbocycles. The Kier molecular flexibility index (Phi) is 5.22.